The number of hydrogen-bond acceptors (Lipinski definition) is 3. The van der Waals surface area contributed by atoms with E-state index in [1.807, 2.05) is 30.3 Å². The van der Waals surface area contributed by atoms with Crippen LogP contribution >= 0.6 is 12.6 Å². The maximum absolute atomic E-state index is 11.7. The molecule has 0 aromatic heterocycles. The fourth-order valence-electron chi connectivity index (χ4n) is 1.19. The van der Waals surface area contributed by atoms with Crippen molar-refractivity contribution in [1.82, 2.24) is 0 Å². The molecule has 1 rings (SSSR count). The van der Waals surface area contributed by atoms with Crippen LogP contribution in [0.4, 0.5) is 0 Å². The standard InChI is InChI=1S/C11H14NOS/c1-8(11(13)10(12)7-14)9-5-3-2-4-6-9/h2-6,10,14H,7,12H2,1H3/t10-/m0/s1. The highest BCUT2D eigenvalue weighted by Gasteiger charge is 2.21. The Bertz CT molecular complexity index is 299. The SMILES string of the molecule is C[C](C(=O)[C@@H](N)CS)c1ccccc1. The summed E-state index contributed by atoms with van der Waals surface area (Å²) >= 11 is 4.00. The van der Waals surface area contributed by atoms with Crippen molar-refractivity contribution in [3.05, 3.63) is 41.8 Å². The lowest BCUT2D eigenvalue weighted by molar-refractivity contribution is -0.117. The lowest BCUT2D eigenvalue weighted by Crippen LogP contribution is -2.35. The van der Waals surface area contributed by atoms with Crippen molar-refractivity contribution < 1.29 is 4.79 Å². The van der Waals surface area contributed by atoms with Gasteiger partial charge in [-0.3, -0.25) is 4.79 Å². The first-order chi connectivity index (χ1) is 6.66. The molecule has 0 bridgehead atoms. The minimum Gasteiger partial charge on any atom is -0.321 e. The minimum atomic E-state index is -0.501. The van der Waals surface area contributed by atoms with Crippen molar-refractivity contribution in [2.45, 2.75) is 13.0 Å². The van der Waals surface area contributed by atoms with Gasteiger partial charge in [0.15, 0.2) is 5.78 Å². The summed E-state index contributed by atoms with van der Waals surface area (Å²) in [6.07, 6.45) is 0. The summed E-state index contributed by atoms with van der Waals surface area (Å²) in [6.45, 7) is 1.79. The van der Waals surface area contributed by atoms with Gasteiger partial charge < -0.3 is 5.73 Å². The summed E-state index contributed by atoms with van der Waals surface area (Å²) in [6, 6.07) is 9.02. The summed E-state index contributed by atoms with van der Waals surface area (Å²) in [5, 5.41) is 0. The molecule has 3 heteroatoms. The van der Waals surface area contributed by atoms with Crippen LogP contribution in [0.15, 0.2) is 30.3 Å². The summed E-state index contributed by atoms with van der Waals surface area (Å²) < 4.78 is 0. The van der Waals surface area contributed by atoms with Crippen LogP contribution in [-0.4, -0.2) is 17.6 Å². The van der Waals surface area contributed by atoms with Crippen LogP contribution in [0.1, 0.15) is 12.5 Å². The van der Waals surface area contributed by atoms with E-state index in [0.717, 1.165) is 5.56 Å². The summed E-state index contributed by atoms with van der Waals surface area (Å²) in [5.41, 5.74) is 6.53. The monoisotopic (exact) mass is 208 g/mol. The molecule has 0 fully saturated rings. The Kier molecular flexibility index (Phi) is 4.17. The van der Waals surface area contributed by atoms with Gasteiger partial charge in [0, 0.05) is 5.75 Å². The van der Waals surface area contributed by atoms with Crippen molar-refractivity contribution in [2.75, 3.05) is 5.75 Å². The van der Waals surface area contributed by atoms with E-state index in [2.05, 4.69) is 12.6 Å². The van der Waals surface area contributed by atoms with Gasteiger partial charge in [0.1, 0.15) is 0 Å². The van der Waals surface area contributed by atoms with Crippen molar-refractivity contribution in [1.29, 1.82) is 0 Å². The van der Waals surface area contributed by atoms with Crippen molar-refractivity contribution in [3.8, 4) is 0 Å². The summed E-state index contributed by atoms with van der Waals surface area (Å²) in [5.74, 6) is 1.04. The number of thiol groups is 1. The molecule has 75 valence electrons. The lowest BCUT2D eigenvalue weighted by atomic mass is 9.93. The Morgan fingerprint density at radius 2 is 2.00 bits per heavy atom. The second-order valence-electron chi connectivity index (χ2n) is 3.14. The first-order valence-corrected chi connectivity index (χ1v) is 5.09. The van der Waals surface area contributed by atoms with Crippen LogP contribution in [0.2, 0.25) is 0 Å². The average Bonchev–Trinajstić information content (AvgIpc) is 2.27. The highest BCUT2D eigenvalue weighted by Crippen LogP contribution is 2.15. The molecule has 0 aliphatic heterocycles. The summed E-state index contributed by atoms with van der Waals surface area (Å²) in [4.78, 5) is 11.7. The van der Waals surface area contributed by atoms with Crippen LogP contribution in [0.25, 0.3) is 0 Å². The number of hydrogen-bond donors (Lipinski definition) is 2. The maximum Gasteiger partial charge on any atom is 0.161 e. The molecule has 1 radical (unpaired) electrons. The van der Waals surface area contributed by atoms with Crippen LogP contribution in [0.3, 0.4) is 0 Å². The summed E-state index contributed by atoms with van der Waals surface area (Å²) in [7, 11) is 0. The largest absolute Gasteiger partial charge is 0.321 e. The van der Waals surface area contributed by atoms with E-state index in [1.165, 1.54) is 0 Å². The van der Waals surface area contributed by atoms with Gasteiger partial charge in [-0.1, -0.05) is 30.3 Å². The number of Topliss-reactive ketones (excluding diaryl/α,β-unsaturated/α-hetero) is 1. The molecule has 2 N–H and O–H groups in total. The Balaban J connectivity index is 2.76. The molecule has 0 amide bonds. The van der Waals surface area contributed by atoms with Crippen molar-refractivity contribution in [3.63, 3.8) is 0 Å². The van der Waals surface area contributed by atoms with Gasteiger partial charge in [-0.25, -0.2) is 0 Å². The smallest absolute Gasteiger partial charge is 0.161 e. The molecule has 1 aromatic carbocycles. The topological polar surface area (TPSA) is 43.1 Å². The van der Waals surface area contributed by atoms with E-state index in [-0.39, 0.29) is 5.78 Å². The number of ketones is 1. The fourth-order valence-corrected chi connectivity index (χ4v) is 1.36. The molecule has 0 saturated carbocycles. The number of nitrogens with two attached hydrogens (primary N) is 1. The van der Waals surface area contributed by atoms with Gasteiger partial charge in [-0.15, -0.1) is 0 Å². The number of rotatable bonds is 4. The molecule has 0 aliphatic rings. The Labute approximate surface area is 89.9 Å². The molecule has 0 unspecified atom stereocenters. The van der Waals surface area contributed by atoms with E-state index < -0.39 is 6.04 Å². The molecule has 2 nitrogen and oxygen atoms in total. The van der Waals surface area contributed by atoms with E-state index >= 15 is 0 Å². The zero-order valence-electron chi connectivity index (χ0n) is 8.10. The van der Waals surface area contributed by atoms with Gasteiger partial charge in [-0.05, 0) is 12.5 Å². The van der Waals surface area contributed by atoms with E-state index in [9.17, 15) is 4.79 Å². The van der Waals surface area contributed by atoms with E-state index in [0.29, 0.717) is 11.7 Å². The molecule has 0 aliphatic carbocycles. The maximum atomic E-state index is 11.7. The number of carbonyl (C=O) groups is 1. The predicted molar refractivity (Wildman–Crippen MR) is 61.3 cm³/mol. The van der Waals surface area contributed by atoms with Gasteiger partial charge in [-0.2, -0.15) is 12.6 Å². The molecular weight excluding hydrogens is 194 g/mol. The van der Waals surface area contributed by atoms with Gasteiger partial charge in [0.05, 0.1) is 12.0 Å². The second kappa shape index (κ2) is 5.17. The fraction of sp³-hybridized carbons (Fsp3) is 0.273. The quantitative estimate of drug-likeness (QED) is 0.736. The predicted octanol–water partition coefficient (Wildman–Crippen LogP) is 1.46. The number of benzene rings is 1. The molecule has 0 saturated heterocycles. The molecule has 1 aromatic rings. The van der Waals surface area contributed by atoms with Crippen molar-refractivity contribution >= 4 is 18.4 Å². The average molecular weight is 208 g/mol. The van der Waals surface area contributed by atoms with Gasteiger partial charge in [0.2, 0.25) is 0 Å². The van der Waals surface area contributed by atoms with Gasteiger partial charge in [0.25, 0.3) is 0 Å². The zero-order valence-corrected chi connectivity index (χ0v) is 9.00. The van der Waals surface area contributed by atoms with Gasteiger partial charge >= 0.3 is 0 Å². The van der Waals surface area contributed by atoms with Crippen LogP contribution in [0, 0.1) is 5.92 Å². The first-order valence-electron chi connectivity index (χ1n) is 4.46. The Morgan fingerprint density at radius 1 is 1.43 bits per heavy atom. The molecular formula is C11H14NOS. The third kappa shape index (κ3) is 2.59. The molecule has 0 heterocycles. The van der Waals surface area contributed by atoms with E-state index in [4.69, 9.17) is 5.73 Å². The van der Waals surface area contributed by atoms with Crippen molar-refractivity contribution in [2.24, 2.45) is 5.73 Å². The first kappa shape index (κ1) is 11.3. The molecule has 1 atom stereocenters. The third-order valence-corrected chi connectivity index (χ3v) is 2.50. The normalized spacial score (nSPS) is 12.9. The highest BCUT2D eigenvalue weighted by molar-refractivity contribution is 7.80. The van der Waals surface area contributed by atoms with E-state index in [1.54, 1.807) is 6.92 Å². The lowest BCUT2D eigenvalue weighted by Gasteiger charge is -2.13. The Hall–Kier alpha value is -0.800. The Morgan fingerprint density at radius 3 is 2.50 bits per heavy atom. The highest BCUT2D eigenvalue weighted by atomic mass is 32.1. The second-order valence-corrected chi connectivity index (χ2v) is 3.51. The van der Waals surface area contributed by atoms with Crippen LogP contribution < -0.4 is 5.73 Å². The molecule has 14 heavy (non-hydrogen) atoms. The molecule has 0 spiro atoms. The van der Waals surface area contributed by atoms with Crippen LogP contribution in [-0.2, 0) is 4.79 Å². The third-order valence-electron chi connectivity index (χ3n) is 2.11. The van der Waals surface area contributed by atoms with Crippen LogP contribution in [0.5, 0.6) is 0 Å². The number of carbonyl (C=O) groups excluding carboxylic acids is 1. The zero-order chi connectivity index (χ0) is 10.6. The minimum absolute atomic E-state index is 0.0359.